The second-order valence-corrected chi connectivity index (χ2v) is 4.86. The Kier molecular flexibility index (Phi) is 6.98. The summed E-state index contributed by atoms with van der Waals surface area (Å²) in [4.78, 5) is 34.2. The van der Waals surface area contributed by atoms with Gasteiger partial charge < -0.3 is 9.47 Å². The molecule has 1 aliphatic rings. The van der Waals surface area contributed by atoms with Crippen molar-refractivity contribution in [2.75, 3.05) is 14.2 Å². The third-order valence-corrected chi connectivity index (χ3v) is 3.52. The van der Waals surface area contributed by atoms with E-state index in [-0.39, 0.29) is 17.7 Å². The van der Waals surface area contributed by atoms with Crippen LogP contribution in [0.4, 0.5) is 0 Å². The van der Waals surface area contributed by atoms with Crippen LogP contribution in [-0.4, -0.2) is 31.9 Å². The molecule has 5 nitrogen and oxygen atoms in total. The van der Waals surface area contributed by atoms with E-state index in [4.69, 9.17) is 4.74 Å². The minimum absolute atomic E-state index is 0.0694. The van der Waals surface area contributed by atoms with Gasteiger partial charge in [0.25, 0.3) is 0 Å². The van der Waals surface area contributed by atoms with Gasteiger partial charge in [0.15, 0.2) is 5.78 Å². The predicted octanol–water partition coefficient (Wildman–Crippen LogP) is 2.33. The van der Waals surface area contributed by atoms with Gasteiger partial charge in [-0.25, -0.2) is 4.79 Å². The lowest BCUT2D eigenvalue weighted by molar-refractivity contribution is -0.140. The summed E-state index contributed by atoms with van der Waals surface area (Å²) in [5, 5.41) is 0. The van der Waals surface area contributed by atoms with Crippen LogP contribution in [0.2, 0.25) is 0 Å². The molecule has 0 fully saturated rings. The van der Waals surface area contributed by atoms with Gasteiger partial charge in [0.2, 0.25) is 0 Å². The number of carbonyl (C=O) groups is 3. The number of hydrogen-bond donors (Lipinski definition) is 0. The van der Waals surface area contributed by atoms with Gasteiger partial charge in [0.1, 0.15) is 0 Å². The molecule has 0 radical (unpaired) electrons. The number of allylic oxidation sites excluding steroid dienone is 1. The Labute approximate surface area is 119 Å². The Morgan fingerprint density at radius 3 is 2.35 bits per heavy atom. The summed E-state index contributed by atoms with van der Waals surface area (Å²) in [7, 11) is 2.72. The molecule has 0 spiro atoms. The number of carbonyl (C=O) groups excluding carboxylic acids is 3. The fourth-order valence-corrected chi connectivity index (χ4v) is 2.37. The van der Waals surface area contributed by atoms with E-state index >= 15 is 0 Å². The van der Waals surface area contributed by atoms with E-state index in [1.807, 2.05) is 0 Å². The molecule has 112 valence electrons. The van der Waals surface area contributed by atoms with Gasteiger partial charge in [-0.15, -0.1) is 0 Å². The van der Waals surface area contributed by atoms with Gasteiger partial charge in [0.05, 0.1) is 14.2 Å². The molecular formula is C15H22O5. The van der Waals surface area contributed by atoms with Gasteiger partial charge in [-0.05, 0) is 25.7 Å². The Balaban J connectivity index is 2.31. The van der Waals surface area contributed by atoms with Crippen molar-refractivity contribution < 1.29 is 23.9 Å². The maximum Gasteiger partial charge on any atom is 0.334 e. The van der Waals surface area contributed by atoms with E-state index < -0.39 is 0 Å². The lowest BCUT2D eigenvalue weighted by Crippen LogP contribution is -2.06. The largest absolute Gasteiger partial charge is 0.469 e. The normalized spacial score (nSPS) is 14.6. The highest BCUT2D eigenvalue weighted by atomic mass is 16.5. The zero-order valence-corrected chi connectivity index (χ0v) is 12.2. The molecule has 0 saturated heterocycles. The van der Waals surface area contributed by atoms with Crippen molar-refractivity contribution in [3.63, 3.8) is 0 Å². The molecule has 0 aromatic carbocycles. The number of ether oxygens (including phenoxy) is 2. The molecule has 0 aromatic heterocycles. The summed E-state index contributed by atoms with van der Waals surface area (Å²) < 4.78 is 9.26. The van der Waals surface area contributed by atoms with Crippen molar-refractivity contribution in [1.82, 2.24) is 0 Å². The van der Waals surface area contributed by atoms with Crippen LogP contribution in [0.3, 0.4) is 0 Å². The summed E-state index contributed by atoms with van der Waals surface area (Å²) in [6.45, 7) is 0. The number of unbranched alkanes of at least 4 members (excludes halogenated alkanes) is 3. The van der Waals surface area contributed by atoms with Crippen LogP contribution in [0.5, 0.6) is 0 Å². The molecule has 0 atom stereocenters. The quantitative estimate of drug-likeness (QED) is 0.505. The maximum atomic E-state index is 11.7. The smallest absolute Gasteiger partial charge is 0.334 e. The van der Waals surface area contributed by atoms with E-state index in [1.165, 1.54) is 14.2 Å². The van der Waals surface area contributed by atoms with Crippen molar-refractivity contribution in [3.05, 3.63) is 11.1 Å². The maximum absolute atomic E-state index is 11.7. The van der Waals surface area contributed by atoms with E-state index in [9.17, 15) is 14.4 Å². The first kappa shape index (κ1) is 16.4. The first-order valence-electron chi connectivity index (χ1n) is 7.00. The van der Waals surface area contributed by atoms with Gasteiger partial charge in [-0.3, -0.25) is 9.59 Å². The molecule has 0 aliphatic heterocycles. The molecule has 0 aromatic rings. The van der Waals surface area contributed by atoms with Crippen molar-refractivity contribution in [1.29, 1.82) is 0 Å². The summed E-state index contributed by atoms with van der Waals surface area (Å²) in [5.74, 6) is -0.497. The molecule has 0 bridgehead atoms. The van der Waals surface area contributed by atoms with Crippen molar-refractivity contribution >= 4 is 17.7 Å². The number of rotatable bonds is 8. The van der Waals surface area contributed by atoms with Crippen molar-refractivity contribution in [3.8, 4) is 0 Å². The summed E-state index contributed by atoms with van der Waals surface area (Å²) in [6.07, 6.45) is 5.48. The van der Waals surface area contributed by atoms with Crippen LogP contribution in [0.1, 0.15) is 51.4 Å². The molecule has 1 rings (SSSR count). The predicted molar refractivity (Wildman–Crippen MR) is 73.0 cm³/mol. The van der Waals surface area contributed by atoms with E-state index in [0.717, 1.165) is 25.7 Å². The third-order valence-electron chi connectivity index (χ3n) is 3.52. The zero-order valence-electron chi connectivity index (χ0n) is 12.2. The highest BCUT2D eigenvalue weighted by Crippen LogP contribution is 2.28. The van der Waals surface area contributed by atoms with Crippen molar-refractivity contribution in [2.45, 2.75) is 51.4 Å². The number of methoxy groups -OCH3 is 2. The second kappa shape index (κ2) is 8.51. The monoisotopic (exact) mass is 282 g/mol. The Hall–Kier alpha value is -1.65. The van der Waals surface area contributed by atoms with Gasteiger partial charge in [-0.1, -0.05) is 12.8 Å². The van der Waals surface area contributed by atoms with E-state index in [1.54, 1.807) is 0 Å². The van der Waals surface area contributed by atoms with Crippen molar-refractivity contribution in [2.24, 2.45) is 0 Å². The van der Waals surface area contributed by atoms with E-state index in [0.29, 0.717) is 36.8 Å². The molecule has 20 heavy (non-hydrogen) atoms. The molecular weight excluding hydrogens is 260 g/mol. The van der Waals surface area contributed by atoms with Gasteiger partial charge >= 0.3 is 11.9 Å². The van der Waals surface area contributed by atoms with Crippen LogP contribution >= 0.6 is 0 Å². The molecule has 0 N–H and O–H groups in total. The molecule has 1 aliphatic carbocycles. The average Bonchev–Trinajstić information content (AvgIpc) is 2.82. The van der Waals surface area contributed by atoms with Crippen LogP contribution in [0, 0.1) is 0 Å². The SMILES string of the molecule is COC(=O)CCCCCCC1=C(C(=O)OC)CCC1=O. The average molecular weight is 282 g/mol. The molecule has 5 heteroatoms. The highest BCUT2D eigenvalue weighted by molar-refractivity contribution is 6.07. The van der Waals surface area contributed by atoms with Gasteiger partial charge in [0, 0.05) is 24.0 Å². The van der Waals surface area contributed by atoms with Crippen LogP contribution in [-0.2, 0) is 23.9 Å². The minimum Gasteiger partial charge on any atom is -0.469 e. The van der Waals surface area contributed by atoms with Crippen LogP contribution in [0.25, 0.3) is 0 Å². The highest BCUT2D eigenvalue weighted by Gasteiger charge is 2.27. The third kappa shape index (κ3) is 4.79. The Morgan fingerprint density at radius 2 is 1.70 bits per heavy atom. The number of ketones is 1. The first-order valence-corrected chi connectivity index (χ1v) is 7.00. The lowest BCUT2D eigenvalue weighted by atomic mass is 10.0. The molecule has 0 saturated carbocycles. The van der Waals surface area contributed by atoms with Gasteiger partial charge in [-0.2, -0.15) is 0 Å². The number of Topliss-reactive ketones (excluding diaryl/α,β-unsaturated/α-hetero) is 1. The first-order chi connectivity index (χ1) is 9.60. The minimum atomic E-state index is -0.378. The second-order valence-electron chi connectivity index (χ2n) is 4.86. The Morgan fingerprint density at radius 1 is 1.00 bits per heavy atom. The summed E-state index contributed by atoms with van der Waals surface area (Å²) in [5.41, 5.74) is 1.19. The zero-order chi connectivity index (χ0) is 15.0. The summed E-state index contributed by atoms with van der Waals surface area (Å²) in [6, 6.07) is 0. The lowest BCUT2D eigenvalue weighted by Gasteiger charge is -2.05. The number of esters is 2. The molecule has 0 heterocycles. The van der Waals surface area contributed by atoms with Crippen LogP contribution < -0.4 is 0 Å². The van der Waals surface area contributed by atoms with E-state index in [2.05, 4.69) is 4.74 Å². The molecule has 0 unspecified atom stereocenters. The fraction of sp³-hybridized carbons (Fsp3) is 0.667. The molecule has 0 amide bonds. The fourth-order valence-electron chi connectivity index (χ4n) is 2.37. The number of hydrogen-bond acceptors (Lipinski definition) is 5. The topological polar surface area (TPSA) is 69.7 Å². The standard InChI is InChI=1S/C15H22O5/c1-19-14(17)8-6-4-3-5-7-11-12(15(18)20-2)9-10-13(11)16/h3-10H2,1-2H3. The Bertz CT molecular complexity index is 408. The summed E-state index contributed by atoms with van der Waals surface area (Å²) >= 11 is 0. The van der Waals surface area contributed by atoms with Crippen LogP contribution in [0.15, 0.2) is 11.1 Å².